The van der Waals surface area contributed by atoms with E-state index in [9.17, 15) is 15.2 Å². The van der Waals surface area contributed by atoms with Gasteiger partial charge in [-0.15, -0.1) is 0 Å². The van der Waals surface area contributed by atoms with E-state index in [2.05, 4.69) is 17.2 Å². The summed E-state index contributed by atoms with van der Waals surface area (Å²) in [6.45, 7) is 0.342. The summed E-state index contributed by atoms with van der Waals surface area (Å²) >= 11 is 0. The molecule has 0 amide bonds. The van der Waals surface area contributed by atoms with Crippen molar-refractivity contribution in [3.63, 3.8) is 0 Å². The monoisotopic (exact) mass is 317 g/mol. The first-order valence-corrected chi connectivity index (χ1v) is 7.69. The summed E-state index contributed by atoms with van der Waals surface area (Å²) in [5.74, 6) is -0.223. The SMILES string of the molecule is O=[N+]([O-])c1ccn(C[C@@H](O)CO[C@H]2CCCc3ccccc32)n1. The lowest BCUT2D eigenvalue weighted by atomic mass is 9.89. The van der Waals surface area contributed by atoms with E-state index >= 15 is 0 Å². The minimum atomic E-state index is -0.761. The van der Waals surface area contributed by atoms with Gasteiger partial charge >= 0.3 is 5.82 Å². The molecule has 122 valence electrons. The first kappa shape index (κ1) is 15.6. The van der Waals surface area contributed by atoms with Crippen LogP contribution in [0.25, 0.3) is 0 Å². The Balaban J connectivity index is 1.55. The lowest BCUT2D eigenvalue weighted by Gasteiger charge is -2.26. The number of ether oxygens (including phenoxy) is 1. The fourth-order valence-electron chi connectivity index (χ4n) is 2.93. The summed E-state index contributed by atoms with van der Waals surface area (Å²) in [5.41, 5.74) is 2.50. The first-order valence-electron chi connectivity index (χ1n) is 7.69. The molecule has 0 fully saturated rings. The third-order valence-electron chi connectivity index (χ3n) is 4.02. The van der Waals surface area contributed by atoms with Gasteiger partial charge in [0.25, 0.3) is 0 Å². The largest absolute Gasteiger partial charge is 0.389 e. The van der Waals surface area contributed by atoms with Crippen LogP contribution < -0.4 is 0 Å². The summed E-state index contributed by atoms with van der Waals surface area (Å²) in [7, 11) is 0. The van der Waals surface area contributed by atoms with E-state index in [1.165, 1.54) is 28.1 Å². The Hall–Kier alpha value is -2.25. The van der Waals surface area contributed by atoms with Gasteiger partial charge in [-0.25, -0.2) is 0 Å². The molecule has 7 heteroatoms. The van der Waals surface area contributed by atoms with Gasteiger partial charge in [-0.3, -0.25) is 0 Å². The number of hydrogen-bond acceptors (Lipinski definition) is 5. The number of aliphatic hydroxyl groups excluding tert-OH is 1. The number of hydrogen-bond donors (Lipinski definition) is 1. The smallest absolute Gasteiger partial charge is 0.389 e. The molecule has 2 aromatic rings. The molecule has 1 aliphatic carbocycles. The zero-order chi connectivity index (χ0) is 16.2. The average Bonchev–Trinajstić information content (AvgIpc) is 3.01. The maximum absolute atomic E-state index is 10.6. The molecule has 0 radical (unpaired) electrons. The zero-order valence-electron chi connectivity index (χ0n) is 12.7. The van der Waals surface area contributed by atoms with E-state index in [0.717, 1.165) is 19.3 Å². The van der Waals surface area contributed by atoms with E-state index in [1.807, 2.05) is 12.1 Å². The molecular formula is C16H19N3O4. The molecule has 23 heavy (non-hydrogen) atoms. The number of rotatable bonds is 6. The molecule has 0 saturated carbocycles. The number of aliphatic hydroxyl groups is 1. The molecule has 0 saturated heterocycles. The third-order valence-corrected chi connectivity index (χ3v) is 4.02. The number of aromatic nitrogens is 2. The summed E-state index contributed by atoms with van der Waals surface area (Å²) in [6, 6.07) is 9.53. The van der Waals surface area contributed by atoms with Crippen molar-refractivity contribution in [2.75, 3.05) is 6.61 Å². The predicted molar refractivity (Wildman–Crippen MR) is 83.0 cm³/mol. The van der Waals surface area contributed by atoms with E-state index in [1.54, 1.807) is 0 Å². The van der Waals surface area contributed by atoms with Gasteiger partial charge in [0.1, 0.15) is 0 Å². The van der Waals surface area contributed by atoms with Crippen LogP contribution >= 0.6 is 0 Å². The molecule has 0 unspecified atom stereocenters. The fourth-order valence-corrected chi connectivity index (χ4v) is 2.93. The second-order valence-electron chi connectivity index (χ2n) is 5.72. The summed E-state index contributed by atoms with van der Waals surface area (Å²) < 4.78 is 7.23. The van der Waals surface area contributed by atoms with Gasteiger partial charge in [0.05, 0.1) is 42.7 Å². The maximum Gasteiger partial charge on any atom is 0.389 e. The molecule has 0 spiro atoms. The Bertz CT molecular complexity index is 685. The van der Waals surface area contributed by atoms with Gasteiger partial charge in [0.15, 0.2) is 0 Å². The molecule has 7 nitrogen and oxygen atoms in total. The Morgan fingerprint density at radius 3 is 3.04 bits per heavy atom. The van der Waals surface area contributed by atoms with Crippen molar-refractivity contribution in [1.82, 2.24) is 9.78 Å². The summed E-state index contributed by atoms with van der Waals surface area (Å²) in [5, 5.41) is 24.4. The van der Waals surface area contributed by atoms with Crippen molar-refractivity contribution < 1.29 is 14.8 Å². The lowest BCUT2D eigenvalue weighted by molar-refractivity contribution is -0.389. The molecule has 0 bridgehead atoms. The van der Waals surface area contributed by atoms with Crippen LogP contribution in [0.2, 0.25) is 0 Å². The predicted octanol–water partition coefficient (Wildman–Crippen LogP) is 2.25. The van der Waals surface area contributed by atoms with Gasteiger partial charge in [0.2, 0.25) is 0 Å². The van der Waals surface area contributed by atoms with E-state index in [4.69, 9.17) is 4.74 Å². The number of fused-ring (bicyclic) bond motifs is 1. The van der Waals surface area contributed by atoms with E-state index in [0.29, 0.717) is 0 Å². The van der Waals surface area contributed by atoms with Crippen molar-refractivity contribution in [1.29, 1.82) is 0 Å². The minimum Gasteiger partial charge on any atom is -0.389 e. The highest BCUT2D eigenvalue weighted by molar-refractivity contribution is 5.31. The lowest BCUT2D eigenvalue weighted by Crippen LogP contribution is -2.24. The number of aryl methyl sites for hydroxylation is 1. The molecule has 1 aromatic carbocycles. The highest BCUT2D eigenvalue weighted by Gasteiger charge is 2.22. The Morgan fingerprint density at radius 2 is 2.26 bits per heavy atom. The number of benzene rings is 1. The van der Waals surface area contributed by atoms with Crippen LogP contribution in [-0.4, -0.2) is 32.5 Å². The van der Waals surface area contributed by atoms with Crippen LogP contribution in [0.5, 0.6) is 0 Å². The first-order chi connectivity index (χ1) is 11.1. The topological polar surface area (TPSA) is 90.4 Å². The van der Waals surface area contributed by atoms with Crippen LogP contribution in [0.3, 0.4) is 0 Å². The molecule has 2 atom stereocenters. The molecule has 1 N–H and O–H groups in total. The van der Waals surface area contributed by atoms with Crippen molar-refractivity contribution in [3.05, 3.63) is 57.8 Å². The number of nitrogens with zero attached hydrogens (tertiary/aromatic N) is 3. The normalized spacial score (nSPS) is 18.4. The standard InChI is InChI=1S/C16H19N3O4/c20-13(10-18-9-8-16(17-18)19(21)22)11-23-15-7-3-5-12-4-1-2-6-14(12)15/h1-2,4,6,8-9,13,15,20H,3,5,7,10-11H2/t13-,15+/m1/s1. The summed E-state index contributed by atoms with van der Waals surface area (Å²) in [4.78, 5) is 10.0. The third kappa shape index (κ3) is 3.75. The molecule has 3 rings (SSSR count). The Labute approximate surface area is 133 Å². The van der Waals surface area contributed by atoms with Gasteiger partial charge in [-0.05, 0) is 35.3 Å². The molecule has 1 heterocycles. The van der Waals surface area contributed by atoms with Crippen LogP contribution in [0, 0.1) is 10.1 Å². The van der Waals surface area contributed by atoms with Crippen LogP contribution in [0.4, 0.5) is 5.82 Å². The van der Waals surface area contributed by atoms with Crippen LogP contribution in [-0.2, 0) is 17.7 Å². The minimum absolute atomic E-state index is 0.00144. The van der Waals surface area contributed by atoms with Gasteiger partial charge in [-0.2, -0.15) is 4.68 Å². The van der Waals surface area contributed by atoms with Crippen molar-refractivity contribution in [2.24, 2.45) is 0 Å². The second-order valence-corrected chi connectivity index (χ2v) is 5.72. The summed E-state index contributed by atoms with van der Waals surface area (Å²) in [6.07, 6.45) is 3.80. The number of nitro groups is 1. The molecular weight excluding hydrogens is 298 g/mol. The zero-order valence-corrected chi connectivity index (χ0v) is 12.7. The van der Waals surface area contributed by atoms with Crippen LogP contribution in [0.15, 0.2) is 36.5 Å². The second kappa shape index (κ2) is 6.89. The van der Waals surface area contributed by atoms with Crippen molar-refractivity contribution in [3.8, 4) is 0 Å². The molecule has 1 aromatic heterocycles. The molecule has 0 aliphatic heterocycles. The van der Waals surface area contributed by atoms with E-state index in [-0.39, 0.29) is 25.1 Å². The maximum atomic E-state index is 10.6. The quantitative estimate of drug-likeness (QED) is 0.652. The van der Waals surface area contributed by atoms with Crippen molar-refractivity contribution in [2.45, 2.75) is 38.0 Å². The fraction of sp³-hybridized carbons (Fsp3) is 0.438. The molecule has 1 aliphatic rings. The Morgan fingerprint density at radius 1 is 1.43 bits per heavy atom. The van der Waals surface area contributed by atoms with Crippen molar-refractivity contribution >= 4 is 5.82 Å². The van der Waals surface area contributed by atoms with Gasteiger partial charge in [-0.1, -0.05) is 24.3 Å². The highest BCUT2D eigenvalue weighted by Crippen LogP contribution is 2.32. The van der Waals surface area contributed by atoms with Gasteiger partial charge < -0.3 is 20.0 Å². The average molecular weight is 317 g/mol. The van der Waals surface area contributed by atoms with E-state index < -0.39 is 11.0 Å². The highest BCUT2D eigenvalue weighted by atomic mass is 16.6. The van der Waals surface area contributed by atoms with Gasteiger partial charge in [0, 0.05) is 0 Å². The van der Waals surface area contributed by atoms with Crippen LogP contribution in [0.1, 0.15) is 30.1 Å². The Kier molecular flexibility index (Phi) is 4.68.